The number of amides is 1. The Bertz CT molecular complexity index is 464. The molecule has 0 saturated carbocycles. The molecule has 0 aliphatic heterocycles. The van der Waals surface area contributed by atoms with Crippen LogP contribution in [0.4, 0.5) is 0 Å². The average molecular weight is 281 g/mol. The van der Waals surface area contributed by atoms with Crippen LogP contribution in [0.2, 0.25) is 0 Å². The molecule has 1 aromatic rings. The second-order valence-electron chi connectivity index (χ2n) is 4.21. The molecule has 1 rings (SSSR count). The topological polar surface area (TPSA) is 84.9 Å². The van der Waals surface area contributed by atoms with Crippen LogP contribution in [0.1, 0.15) is 30.1 Å². The van der Waals surface area contributed by atoms with Gasteiger partial charge < -0.3 is 19.9 Å². The molecule has 0 heterocycles. The fourth-order valence-corrected chi connectivity index (χ4v) is 1.84. The molecule has 0 bridgehead atoms. The van der Waals surface area contributed by atoms with Gasteiger partial charge in [0.1, 0.15) is 17.1 Å². The number of carboxylic acid groups (broad SMARTS) is 1. The van der Waals surface area contributed by atoms with Crippen molar-refractivity contribution in [3.05, 3.63) is 23.8 Å². The quantitative estimate of drug-likeness (QED) is 0.794. The molecule has 0 aromatic heterocycles. The van der Waals surface area contributed by atoms with E-state index < -0.39 is 17.9 Å². The number of hydrogen-bond acceptors (Lipinski definition) is 4. The summed E-state index contributed by atoms with van der Waals surface area (Å²) >= 11 is 0. The van der Waals surface area contributed by atoms with Gasteiger partial charge in [-0.2, -0.15) is 0 Å². The Morgan fingerprint density at radius 1 is 1.25 bits per heavy atom. The third-order valence-corrected chi connectivity index (χ3v) is 2.90. The molecule has 0 radical (unpaired) electrons. The molecule has 20 heavy (non-hydrogen) atoms. The van der Waals surface area contributed by atoms with Gasteiger partial charge in [0.2, 0.25) is 0 Å². The Labute approximate surface area is 117 Å². The van der Waals surface area contributed by atoms with Crippen molar-refractivity contribution in [1.29, 1.82) is 0 Å². The summed E-state index contributed by atoms with van der Waals surface area (Å²) in [7, 11) is 2.92. The van der Waals surface area contributed by atoms with Crippen molar-refractivity contribution in [3.8, 4) is 11.5 Å². The van der Waals surface area contributed by atoms with Crippen molar-refractivity contribution in [2.75, 3.05) is 14.2 Å². The molecule has 1 amide bonds. The Morgan fingerprint density at radius 2 is 1.80 bits per heavy atom. The highest BCUT2D eigenvalue weighted by Crippen LogP contribution is 2.28. The molecule has 1 atom stereocenters. The van der Waals surface area contributed by atoms with Gasteiger partial charge in [0.25, 0.3) is 5.91 Å². The van der Waals surface area contributed by atoms with Crippen molar-refractivity contribution in [2.24, 2.45) is 0 Å². The Hall–Kier alpha value is -2.24. The van der Waals surface area contributed by atoms with E-state index in [-0.39, 0.29) is 12.0 Å². The number of ether oxygens (including phenoxy) is 2. The molecule has 0 spiro atoms. The zero-order valence-corrected chi connectivity index (χ0v) is 11.8. The highest BCUT2D eigenvalue weighted by Gasteiger charge is 2.21. The van der Waals surface area contributed by atoms with Crippen LogP contribution in [-0.4, -0.2) is 37.2 Å². The standard InChI is InChI=1S/C14H19NO5/c1-4-9(8-12(16)17)15-14(18)13-10(19-2)6-5-7-11(13)20-3/h5-7,9H,4,8H2,1-3H3,(H,15,18)(H,16,17). The Morgan fingerprint density at radius 3 is 2.20 bits per heavy atom. The molecule has 0 aliphatic carbocycles. The summed E-state index contributed by atoms with van der Waals surface area (Å²) in [6.07, 6.45) is 0.398. The van der Waals surface area contributed by atoms with Crippen LogP contribution in [0.25, 0.3) is 0 Å². The third-order valence-electron chi connectivity index (χ3n) is 2.90. The Balaban J connectivity index is 2.98. The predicted molar refractivity (Wildman–Crippen MR) is 73.3 cm³/mol. The van der Waals surface area contributed by atoms with E-state index in [4.69, 9.17) is 14.6 Å². The number of benzene rings is 1. The van der Waals surface area contributed by atoms with E-state index >= 15 is 0 Å². The minimum Gasteiger partial charge on any atom is -0.496 e. The van der Waals surface area contributed by atoms with Gasteiger partial charge in [-0.05, 0) is 18.6 Å². The van der Waals surface area contributed by atoms with E-state index in [9.17, 15) is 9.59 Å². The van der Waals surface area contributed by atoms with Crippen LogP contribution in [0.3, 0.4) is 0 Å². The van der Waals surface area contributed by atoms with E-state index in [2.05, 4.69) is 5.32 Å². The van der Waals surface area contributed by atoms with Crippen molar-refractivity contribution in [1.82, 2.24) is 5.32 Å². The first kappa shape index (κ1) is 15.8. The van der Waals surface area contributed by atoms with Crippen molar-refractivity contribution in [2.45, 2.75) is 25.8 Å². The molecule has 0 aliphatic rings. The number of methoxy groups -OCH3 is 2. The maximum absolute atomic E-state index is 12.3. The zero-order valence-electron chi connectivity index (χ0n) is 11.8. The first-order valence-electron chi connectivity index (χ1n) is 6.27. The Kier molecular flexibility index (Phi) is 5.83. The summed E-state index contributed by atoms with van der Waals surface area (Å²) in [4.78, 5) is 23.0. The smallest absolute Gasteiger partial charge is 0.305 e. The first-order chi connectivity index (χ1) is 9.53. The lowest BCUT2D eigenvalue weighted by molar-refractivity contribution is -0.137. The molecule has 110 valence electrons. The average Bonchev–Trinajstić information content (AvgIpc) is 2.44. The highest BCUT2D eigenvalue weighted by atomic mass is 16.5. The van der Waals surface area contributed by atoms with Gasteiger partial charge in [-0.3, -0.25) is 9.59 Å². The van der Waals surface area contributed by atoms with Gasteiger partial charge in [0.15, 0.2) is 0 Å². The molecule has 6 nitrogen and oxygen atoms in total. The summed E-state index contributed by atoms with van der Waals surface area (Å²) in [6, 6.07) is 4.57. The van der Waals surface area contributed by atoms with E-state index in [1.165, 1.54) is 14.2 Å². The molecule has 1 aromatic carbocycles. The van der Waals surface area contributed by atoms with Gasteiger partial charge >= 0.3 is 5.97 Å². The molecule has 0 fully saturated rings. The minimum atomic E-state index is -0.954. The van der Waals surface area contributed by atoms with Gasteiger partial charge in [0.05, 0.1) is 20.6 Å². The van der Waals surface area contributed by atoms with Crippen LogP contribution < -0.4 is 14.8 Å². The number of aliphatic carboxylic acids is 1. The normalized spacial score (nSPS) is 11.6. The van der Waals surface area contributed by atoms with Crippen molar-refractivity contribution in [3.63, 3.8) is 0 Å². The number of carbonyl (C=O) groups excluding carboxylic acids is 1. The van der Waals surface area contributed by atoms with Crippen molar-refractivity contribution >= 4 is 11.9 Å². The van der Waals surface area contributed by atoms with Gasteiger partial charge in [-0.1, -0.05) is 13.0 Å². The van der Waals surface area contributed by atoms with Crippen molar-refractivity contribution < 1.29 is 24.2 Å². The van der Waals surface area contributed by atoms with Gasteiger partial charge in [-0.15, -0.1) is 0 Å². The van der Waals surface area contributed by atoms with Gasteiger partial charge in [0, 0.05) is 6.04 Å². The maximum atomic E-state index is 12.3. The first-order valence-corrected chi connectivity index (χ1v) is 6.27. The highest BCUT2D eigenvalue weighted by molar-refractivity contribution is 6.00. The fraction of sp³-hybridized carbons (Fsp3) is 0.429. The number of carboxylic acids is 1. The van der Waals surface area contributed by atoms with Gasteiger partial charge in [-0.25, -0.2) is 0 Å². The van der Waals surface area contributed by atoms with Crippen LogP contribution in [-0.2, 0) is 4.79 Å². The summed E-state index contributed by atoms with van der Waals surface area (Å²) < 4.78 is 10.3. The van der Waals surface area contributed by atoms with E-state index in [0.717, 1.165) is 0 Å². The summed E-state index contributed by atoms with van der Waals surface area (Å²) in [5.74, 6) is -0.601. The van der Waals surface area contributed by atoms with E-state index in [0.29, 0.717) is 17.9 Å². The second-order valence-corrected chi connectivity index (χ2v) is 4.21. The lowest BCUT2D eigenvalue weighted by atomic mass is 10.1. The van der Waals surface area contributed by atoms with Crippen LogP contribution in [0, 0.1) is 0 Å². The van der Waals surface area contributed by atoms with E-state index in [1.54, 1.807) is 18.2 Å². The predicted octanol–water partition coefficient (Wildman–Crippen LogP) is 1.69. The molecule has 6 heteroatoms. The fourth-order valence-electron chi connectivity index (χ4n) is 1.84. The van der Waals surface area contributed by atoms with Crippen LogP contribution in [0.15, 0.2) is 18.2 Å². The summed E-state index contributed by atoms with van der Waals surface area (Å²) in [6.45, 7) is 1.81. The second kappa shape index (κ2) is 7.37. The number of nitrogens with one attached hydrogen (secondary N) is 1. The van der Waals surface area contributed by atoms with E-state index in [1.807, 2.05) is 6.92 Å². The maximum Gasteiger partial charge on any atom is 0.305 e. The SMILES string of the molecule is CCC(CC(=O)O)NC(=O)c1c(OC)cccc1OC. The molecule has 0 saturated heterocycles. The lowest BCUT2D eigenvalue weighted by Gasteiger charge is -2.17. The number of hydrogen-bond donors (Lipinski definition) is 2. The largest absolute Gasteiger partial charge is 0.496 e. The molecule has 2 N–H and O–H groups in total. The third kappa shape index (κ3) is 3.88. The molecular formula is C14H19NO5. The lowest BCUT2D eigenvalue weighted by Crippen LogP contribution is -2.36. The molecule has 1 unspecified atom stereocenters. The summed E-state index contributed by atoms with van der Waals surface area (Å²) in [5.41, 5.74) is 0.265. The van der Waals surface area contributed by atoms with Crippen LogP contribution >= 0.6 is 0 Å². The molecular weight excluding hydrogens is 262 g/mol. The summed E-state index contributed by atoms with van der Waals surface area (Å²) in [5, 5.41) is 11.5. The number of rotatable bonds is 7. The monoisotopic (exact) mass is 281 g/mol. The minimum absolute atomic E-state index is 0.125. The number of carbonyl (C=O) groups is 2. The van der Waals surface area contributed by atoms with Crippen LogP contribution in [0.5, 0.6) is 11.5 Å². The zero-order chi connectivity index (χ0) is 15.1.